The van der Waals surface area contributed by atoms with E-state index in [1.54, 1.807) is 25.9 Å². The minimum absolute atomic E-state index is 0.116. The molecular weight excluding hydrogens is 414 g/mol. The lowest BCUT2D eigenvalue weighted by molar-refractivity contribution is -0.137. The highest BCUT2D eigenvalue weighted by atomic mass is 19.4. The van der Waals surface area contributed by atoms with Crippen molar-refractivity contribution in [3.05, 3.63) is 53.6 Å². The molecule has 7 nitrogen and oxygen atoms in total. The first kappa shape index (κ1) is 20.5. The molecule has 4 rings (SSSR count). The van der Waals surface area contributed by atoms with Crippen LogP contribution in [0.15, 0.2) is 36.4 Å². The van der Waals surface area contributed by atoms with Crippen molar-refractivity contribution in [1.82, 2.24) is 24.9 Å². The van der Waals surface area contributed by atoms with Gasteiger partial charge in [0, 0.05) is 25.7 Å². The summed E-state index contributed by atoms with van der Waals surface area (Å²) in [5, 5.41) is 2.84. The van der Waals surface area contributed by atoms with E-state index in [9.17, 15) is 17.6 Å². The fourth-order valence-electron chi connectivity index (χ4n) is 2.92. The molecule has 0 bridgehead atoms. The van der Waals surface area contributed by atoms with E-state index in [1.807, 2.05) is 0 Å². The maximum Gasteiger partial charge on any atom is 0.416 e. The first-order valence-electron chi connectivity index (χ1n) is 9.14. The van der Waals surface area contributed by atoms with Crippen molar-refractivity contribution in [2.24, 2.45) is 0 Å². The summed E-state index contributed by atoms with van der Waals surface area (Å²) < 4.78 is 52.9. The standard InChI is InChI=1S/C20H17F4N7/c1-10-25-18(30-19(26-10)31(2)3)29-14-9-16-15(8-13(14)21)27-17(28-16)11-4-6-12(7-5-11)20(22,23)24/h4-9H,1-3H3,(H,27,28)(H,25,26,29,30). The van der Waals surface area contributed by atoms with Crippen molar-refractivity contribution in [1.29, 1.82) is 0 Å². The summed E-state index contributed by atoms with van der Waals surface area (Å²) >= 11 is 0. The highest BCUT2D eigenvalue weighted by Crippen LogP contribution is 2.31. The molecule has 4 aromatic rings. The van der Waals surface area contributed by atoms with Gasteiger partial charge >= 0.3 is 6.18 Å². The maximum atomic E-state index is 14.6. The largest absolute Gasteiger partial charge is 0.416 e. The molecule has 0 aliphatic rings. The van der Waals surface area contributed by atoms with Gasteiger partial charge in [-0.2, -0.15) is 28.1 Å². The number of rotatable bonds is 4. The zero-order valence-corrected chi connectivity index (χ0v) is 16.7. The number of aromatic amines is 1. The highest BCUT2D eigenvalue weighted by molar-refractivity contribution is 5.83. The molecule has 2 heterocycles. The molecule has 0 spiro atoms. The Labute approximate surface area is 174 Å². The lowest BCUT2D eigenvalue weighted by Gasteiger charge is -2.12. The van der Waals surface area contributed by atoms with Crippen molar-refractivity contribution >= 4 is 28.6 Å². The zero-order chi connectivity index (χ0) is 22.3. The van der Waals surface area contributed by atoms with Crippen LogP contribution in [-0.4, -0.2) is 39.0 Å². The number of aromatic nitrogens is 5. The average molecular weight is 431 g/mol. The van der Waals surface area contributed by atoms with Gasteiger partial charge in [0.05, 0.1) is 22.3 Å². The molecule has 0 amide bonds. The quantitative estimate of drug-likeness (QED) is 0.456. The van der Waals surface area contributed by atoms with Gasteiger partial charge in [0.2, 0.25) is 11.9 Å². The predicted molar refractivity (Wildman–Crippen MR) is 109 cm³/mol. The number of halogens is 4. The number of imidazole rings is 1. The number of anilines is 3. The Hall–Kier alpha value is -3.76. The molecule has 0 saturated carbocycles. The van der Waals surface area contributed by atoms with Crippen LogP contribution in [0.1, 0.15) is 11.4 Å². The van der Waals surface area contributed by atoms with Crippen LogP contribution in [0.3, 0.4) is 0 Å². The summed E-state index contributed by atoms with van der Waals surface area (Å²) in [6, 6.07) is 7.30. The average Bonchev–Trinajstić information content (AvgIpc) is 3.10. The van der Waals surface area contributed by atoms with E-state index in [4.69, 9.17) is 0 Å². The second-order valence-corrected chi connectivity index (χ2v) is 7.04. The Morgan fingerprint density at radius 3 is 2.32 bits per heavy atom. The number of nitrogens with zero attached hydrogens (tertiary/aromatic N) is 5. The first-order valence-corrected chi connectivity index (χ1v) is 9.14. The van der Waals surface area contributed by atoms with E-state index in [1.165, 1.54) is 24.3 Å². The van der Waals surface area contributed by atoms with Gasteiger partial charge < -0.3 is 15.2 Å². The molecule has 0 unspecified atom stereocenters. The van der Waals surface area contributed by atoms with Gasteiger partial charge in [-0.05, 0) is 25.1 Å². The van der Waals surface area contributed by atoms with Crippen molar-refractivity contribution in [2.45, 2.75) is 13.1 Å². The van der Waals surface area contributed by atoms with Crippen molar-refractivity contribution in [3.8, 4) is 11.4 Å². The Balaban J connectivity index is 1.67. The Morgan fingerprint density at radius 1 is 0.968 bits per heavy atom. The van der Waals surface area contributed by atoms with Crippen LogP contribution in [0.4, 0.5) is 35.1 Å². The molecule has 31 heavy (non-hydrogen) atoms. The summed E-state index contributed by atoms with van der Waals surface area (Å²) in [7, 11) is 3.55. The third-order valence-electron chi connectivity index (χ3n) is 4.44. The fourth-order valence-corrected chi connectivity index (χ4v) is 2.92. The molecule has 2 aromatic heterocycles. The maximum absolute atomic E-state index is 14.6. The van der Waals surface area contributed by atoms with Crippen molar-refractivity contribution in [2.75, 3.05) is 24.3 Å². The topological polar surface area (TPSA) is 82.6 Å². The van der Waals surface area contributed by atoms with Crippen LogP contribution in [-0.2, 0) is 6.18 Å². The fraction of sp³-hybridized carbons (Fsp3) is 0.200. The molecule has 2 N–H and O–H groups in total. The van der Waals surface area contributed by atoms with E-state index in [0.29, 0.717) is 34.2 Å². The third-order valence-corrected chi connectivity index (χ3v) is 4.44. The molecule has 0 fully saturated rings. The first-order chi connectivity index (χ1) is 14.6. The number of hydrogen-bond donors (Lipinski definition) is 2. The molecule has 2 aromatic carbocycles. The number of fused-ring (bicyclic) bond motifs is 1. The van der Waals surface area contributed by atoms with Crippen LogP contribution >= 0.6 is 0 Å². The Morgan fingerprint density at radius 2 is 1.68 bits per heavy atom. The van der Waals surface area contributed by atoms with E-state index in [2.05, 4.69) is 30.2 Å². The third kappa shape index (κ3) is 4.25. The lowest BCUT2D eigenvalue weighted by atomic mass is 10.1. The van der Waals surface area contributed by atoms with Gasteiger partial charge in [0.1, 0.15) is 17.5 Å². The minimum atomic E-state index is -4.42. The second kappa shape index (κ2) is 7.49. The van der Waals surface area contributed by atoms with Crippen molar-refractivity contribution in [3.63, 3.8) is 0 Å². The van der Waals surface area contributed by atoms with E-state index < -0.39 is 17.6 Å². The molecule has 0 saturated heterocycles. The Bertz CT molecular complexity index is 1250. The van der Waals surface area contributed by atoms with Crippen LogP contribution < -0.4 is 10.2 Å². The number of hydrogen-bond acceptors (Lipinski definition) is 6. The molecule has 0 aliphatic carbocycles. The molecule has 0 radical (unpaired) electrons. The number of H-pyrrole nitrogens is 1. The molecule has 160 valence electrons. The molecule has 11 heteroatoms. The molecule has 0 aliphatic heterocycles. The minimum Gasteiger partial charge on any atom is -0.347 e. The summed E-state index contributed by atoms with van der Waals surface area (Å²) in [5.41, 5.74) is 0.638. The van der Waals surface area contributed by atoms with Gasteiger partial charge in [-0.3, -0.25) is 0 Å². The van der Waals surface area contributed by atoms with Crippen LogP contribution in [0, 0.1) is 12.7 Å². The van der Waals surface area contributed by atoms with Crippen molar-refractivity contribution < 1.29 is 17.6 Å². The zero-order valence-electron chi connectivity index (χ0n) is 16.7. The van der Waals surface area contributed by atoms with Gasteiger partial charge in [0.25, 0.3) is 0 Å². The lowest BCUT2D eigenvalue weighted by Crippen LogP contribution is -2.15. The summed E-state index contributed by atoms with van der Waals surface area (Å²) in [5.74, 6) is 0.807. The van der Waals surface area contributed by atoms with Crippen LogP contribution in [0.5, 0.6) is 0 Å². The van der Waals surface area contributed by atoms with Gasteiger partial charge in [0.15, 0.2) is 0 Å². The Kier molecular flexibility index (Phi) is 4.96. The normalized spacial score (nSPS) is 11.7. The van der Waals surface area contributed by atoms with Crippen LogP contribution in [0.2, 0.25) is 0 Å². The van der Waals surface area contributed by atoms with E-state index in [0.717, 1.165) is 12.1 Å². The monoisotopic (exact) mass is 431 g/mol. The molecular formula is C20H17F4N7. The highest BCUT2D eigenvalue weighted by Gasteiger charge is 2.30. The number of nitrogens with one attached hydrogen (secondary N) is 2. The number of benzene rings is 2. The summed E-state index contributed by atoms with van der Waals surface area (Å²) in [4.78, 5) is 21.6. The van der Waals surface area contributed by atoms with Gasteiger partial charge in [-0.1, -0.05) is 12.1 Å². The SMILES string of the molecule is Cc1nc(Nc2cc3[nH]c(-c4ccc(C(F)(F)F)cc4)nc3cc2F)nc(N(C)C)n1. The smallest absolute Gasteiger partial charge is 0.347 e. The number of alkyl halides is 3. The van der Waals surface area contributed by atoms with E-state index in [-0.39, 0.29) is 11.6 Å². The number of aryl methyl sites for hydroxylation is 1. The van der Waals surface area contributed by atoms with E-state index >= 15 is 0 Å². The van der Waals surface area contributed by atoms with Gasteiger partial charge in [-0.15, -0.1) is 0 Å². The van der Waals surface area contributed by atoms with Crippen LogP contribution in [0.25, 0.3) is 22.4 Å². The molecule has 0 atom stereocenters. The second-order valence-electron chi connectivity index (χ2n) is 7.04. The summed E-state index contributed by atoms with van der Waals surface area (Å²) in [6.45, 7) is 1.70. The van der Waals surface area contributed by atoms with Gasteiger partial charge in [-0.25, -0.2) is 9.37 Å². The summed E-state index contributed by atoms with van der Waals surface area (Å²) in [6.07, 6.45) is -4.42. The predicted octanol–water partition coefficient (Wildman–Crippen LogP) is 4.69.